The molecule has 1 aliphatic rings. The lowest BCUT2D eigenvalue weighted by molar-refractivity contribution is 0.0950. The third-order valence-corrected chi connectivity index (χ3v) is 3.85. The highest BCUT2D eigenvalue weighted by atomic mass is 35.5. The van der Waals surface area contributed by atoms with Gasteiger partial charge in [0.1, 0.15) is 11.5 Å². The van der Waals surface area contributed by atoms with Gasteiger partial charge in [-0.1, -0.05) is 23.2 Å². The number of H-pyrrole nitrogens is 1. The summed E-state index contributed by atoms with van der Waals surface area (Å²) in [5, 5.41) is 13.7. The molecule has 22 heavy (non-hydrogen) atoms. The highest BCUT2D eigenvalue weighted by molar-refractivity contribution is 6.35. The van der Waals surface area contributed by atoms with Crippen LogP contribution in [0.15, 0.2) is 18.3 Å². The molecule has 1 aliphatic carbocycles. The van der Waals surface area contributed by atoms with Crippen LogP contribution in [0, 0.1) is 0 Å². The first-order valence-electron chi connectivity index (χ1n) is 7.02. The summed E-state index contributed by atoms with van der Waals surface area (Å²) < 4.78 is 0. The quantitative estimate of drug-likeness (QED) is 0.706. The highest BCUT2D eigenvalue weighted by Crippen LogP contribution is 2.38. The van der Waals surface area contributed by atoms with Gasteiger partial charge in [-0.15, -0.1) is 0 Å². The summed E-state index contributed by atoms with van der Waals surface area (Å²) in [6.45, 7) is 0.936. The van der Waals surface area contributed by atoms with Gasteiger partial charge < -0.3 is 10.6 Å². The number of amides is 1. The number of carbonyl (C=O) groups excluding carboxylic acids is 1. The van der Waals surface area contributed by atoms with E-state index in [1.54, 1.807) is 6.07 Å². The molecule has 0 bridgehead atoms. The first-order valence-corrected chi connectivity index (χ1v) is 7.77. The summed E-state index contributed by atoms with van der Waals surface area (Å²) >= 11 is 11.8. The predicted octanol–water partition coefficient (Wildman–Crippen LogP) is 2.83. The fraction of sp³-hybridized carbons (Fsp3) is 0.357. The molecular weight excluding hydrogens is 325 g/mol. The minimum absolute atomic E-state index is 0.194. The molecule has 0 spiro atoms. The Hall–Kier alpha value is -1.79. The van der Waals surface area contributed by atoms with Crippen LogP contribution in [0.4, 0.5) is 5.82 Å². The molecule has 116 valence electrons. The Morgan fingerprint density at radius 2 is 2.14 bits per heavy atom. The lowest BCUT2D eigenvalue weighted by atomic mass is 10.2. The average Bonchev–Trinajstić information content (AvgIpc) is 3.22. The normalized spacial score (nSPS) is 13.9. The molecule has 0 aromatic carbocycles. The van der Waals surface area contributed by atoms with E-state index in [1.807, 2.05) is 6.07 Å². The fourth-order valence-electron chi connectivity index (χ4n) is 2.05. The van der Waals surface area contributed by atoms with Crippen molar-refractivity contribution in [1.29, 1.82) is 0 Å². The SMILES string of the molecule is O=C(NCCNc1ncc(Cl)cc1Cl)c1cc(C2CC2)[nH]n1. The zero-order chi connectivity index (χ0) is 15.5. The monoisotopic (exact) mass is 339 g/mol. The topological polar surface area (TPSA) is 82.7 Å². The number of nitrogens with zero attached hydrogens (tertiary/aromatic N) is 2. The summed E-state index contributed by atoms with van der Waals surface area (Å²) in [6.07, 6.45) is 3.85. The number of anilines is 1. The standard InChI is InChI=1S/C14H15Cl2N5O/c15-9-5-10(16)13(19-7-9)17-3-4-18-14(22)12-6-11(20-21-12)8-1-2-8/h5-8H,1-4H2,(H,17,19)(H,18,22)(H,20,21). The van der Waals surface area contributed by atoms with Gasteiger partial charge in [0.2, 0.25) is 0 Å². The number of aromatic amines is 1. The van der Waals surface area contributed by atoms with E-state index in [0.717, 1.165) is 5.69 Å². The fourth-order valence-corrected chi connectivity index (χ4v) is 2.50. The third-order valence-electron chi connectivity index (χ3n) is 3.36. The number of nitrogens with one attached hydrogen (secondary N) is 3. The summed E-state index contributed by atoms with van der Waals surface area (Å²) in [5.41, 5.74) is 1.46. The van der Waals surface area contributed by atoms with Gasteiger partial charge in [-0.2, -0.15) is 5.10 Å². The van der Waals surface area contributed by atoms with Crippen molar-refractivity contribution in [3.8, 4) is 0 Å². The highest BCUT2D eigenvalue weighted by Gasteiger charge is 2.26. The number of pyridine rings is 1. The van der Waals surface area contributed by atoms with E-state index in [9.17, 15) is 4.79 Å². The van der Waals surface area contributed by atoms with Crippen molar-refractivity contribution >= 4 is 34.9 Å². The van der Waals surface area contributed by atoms with Crippen LogP contribution in [-0.4, -0.2) is 34.2 Å². The zero-order valence-corrected chi connectivity index (χ0v) is 13.2. The number of rotatable bonds is 6. The molecule has 0 aliphatic heterocycles. The molecule has 2 aromatic rings. The van der Waals surface area contributed by atoms with Gasteiger partial charge in [0.05, 0.1) is 10.0 Å². The van der Waals surface area contributed by atoms with Crippen LogP contribution < -0.4 is 10.6 Å². The van der Waals surface area contributed by atoms with E-state index in [1.165, 1.54) is 19.0 Å². The molecule has 0 unspecified atom stereocenters. The molecule has 6 nitrogen and oxygen atoms in total. The van der Waals surface area contributed by atoms with Gasteiger partial charge in [0, 0.05) is 30.9 Å². The van der Waals surface area contributed by atoms with E-state index in [0.29, 0.717) is 40.6 Å². The van der Waals surface area contributed by atoms with Gasteiger partial charge >= 0.3 is 0 Å². The van der Waals surface area contributed by atoms with E-state index >= 15 is 0 Å². The van der Waals surface area contributed by atoms with Crippen molar-refractivity contribution in [3.63, 3.8) is 0 Å². The first-order chi connectivity index (χ1) is 10.6. The molecule has 2 heterocycles. The number of hydrogen-bond acceptors (Lipinski definition) is 4. The Morgan fingerprint density at radius 1 is 1.32 bits per heavy atom. The van der Waals surface area contributed by atoms with Crippen LogP contribution in [0.2, 0.25) is 10.0 Å². The Kier molecular flexibility index (Phi) is 4.49. The Bertz CT molecular complexity index is 684. The van der Waals surface area contributed by atoms with Crippen molar-refractivity contribution in [1.82, 2.24) is 20.5 Å². The maximum absolute atomic E-state index is 11.9. The van der Waals surface area contributed by atoms with Crippen molar-refractivity contribution in [2.45, 2.75) is 18.8 Å². The van der Waals surface area contributed by atoms with E-state index < -0.39 is 0 Å². The van der Waals surface area contributed by atoms with Crippen LogP contribution in [0.5, 0.6) is 0 Å². The summed E-state index contributed by atoms with van der Waals surface area (Å²) in [7, 11) is 0. The molecule has 0 saturated heterocycles. The maximum Gasteiger partial charge on any atom is 0.271 e. The Balaban J connectivity index is 1.44. The molecular formula is C14H15Cl2N5O. The predicted molar refractivity (Wildman–Crippen MR) is 85.6 cm³/mol. The molecule has 1 saturated carbocycles. The van der Waals surface area contributed by atoms with Crippen molar-refractivity contribution in [2.75, 3.05) is 18.4 Å². The van der Waals surface area contributed by atoms with E-state index in [-0.39, 0.29) is 5.91 Å². The van der Waals surface area contributed by atoms with E-state index in [2.05, 4.69) is 25.8 Å². The second kappa shape index (κ2) is 6.54. The van der Waals surface area contributed by atoms with Gasteiger partial charge in [-0.25, -0.2) is 4.98 Å². The maximum atomic E-state index is 11.9. The third kappa shape index (κ3) is 3.69. The summed E-state index contributed by atoms with van der Waals surface area (Å²) in [4.78, 5) is 16.0. The lowest BCUT2D eigenvalue weighted by Gasteiger charge is -2.08. The summed E-state index contributed by atoms with van der Waals surface area (Å²) in [5.74, 6) is 0.894. The van der Waals surface area contributed by atoms with Crippen LogP contribution in [0.25, 0.3) is 0 Å². The molecule has 8 heteroatoms. The van der Waals surface area contributed by atoms with E-state index in [4.69, 9.17) is 23.2 Å². The minimum Gasteiger partial charge on any atom is -0.367 e. The number of aromatic nitrogens is 3. The van der Waals surface area contributed by atoms with Gasteiger partial charge in [-0.05, 0) is 25.0 Å². The largest absolute Gasteiger partial charge is 0.367 e. The number of hydrogen-bond donors (Lipinski definition) is 3. The first kappa shape index (κ1) is 15.1. The molecule has 1 fully saturated rings. The Labute approximate surface area is 137 Å². The second-order valence-electron chi connectivity index (χ2n) is 5.15. The average molecular weight is 340 g/mol. The van der Waals surface area contributed by atoms with Crippen LogP contribution in [0.3, 0.4) is 0 Å². The number of halogens is 2. The molecule has 2 aromatic heterocycles. The van der Waals surface area contributed by atoms with Crippen molar-refractivity contribution < 1.29 is 4.79 Å². The lowest BCUT2D eigenvalue weighted by Crippen LogP contribution is -2.29. The summed E-state index contributed by atoms with van der Waals surface area (Å²) in [6, 6.07) is 3.43. The Morgan fingerprint density at radius 3 is 2.86 bits per heavy atom. The molecule has 0 atom stereocenters. The molecule has 3 rings (SSSR count). The minimum atomic E-state index is -0.194. The zero-order valence-electron chi connectivity index (χ0n) is 11.7. The van der Waals surface area contributed by atoms with Crippen LogP contribution in [-0.2, 0) is 0 Å². The van der Waals surface area contributed by atoms with Gasteiger partial charge in [0.15, 0.2) is 0 Å². The van der Waals surface area contributed by atoms with Crippen molar-refractivity contribution in [2.24, 2.45) is 0 Å². The van der Waals surface area contributed by atoms with Gasteiger partial charge in [-0.3, -0.25) is 9.89 Å². The smallest absolute Gasteiger partial charge is 0.271 e. The molecule has 3 N–H and O–H groups in total. The molecule has 0 radical (unpaired) electrons. The van der Waals surface area contributed by atoms with Crippen LogP contribution >= 0.6 is 23.2 Å². The van der Waals surface area contributed by atoms with Crippen molar-refractivity contribution in [3.05, 3.63) is 39.8 Å². The number of carbonyl (C=O) groups is 1. The second-order valence-corrected chi connectivity index (χ2v) is 5.99. The molecule has 1 amide bonds. The van der Waals surface area contributed by atoms with Crippen LogP contribution in [0.1, 0.15) is 34.9 Å². The van der Waals surface area contributed by atoms with Gasteiger partial charge in [0.25, 0.3) is 5.91 Å².